The molecule has 1 fully saturated rings. The Labute approximate surface area is 190 Å². The van der Waals surface area contributed by atoms with Gasteiger partial charge in [-0.25, -0.2) is 14.6 Å². The fourth-order valence-corrected chi connectivity index (χ4v) is 3.66. The zero-order valence-corrected chi connectivity index (χ0v) is 18.0. The fraction of sp³-hybridized carbons (Fsp3) is 0.0800. The maximum atomic E-state index is 13.3. The van der Waals surface area contributed by atoms with Crippen LogP contribution in [0.1, 0.15) is 12.5 Å². The highest BCUT2D eigenvalue weighted by molar-refractivity contribution is 6.46. The van der Waals surface area contributed by atoms with Crippen molar-refractivity contribution >= 4 is 46.9 Å². The molecule has 0 aliphatic carbocycles. The van der Waals surface area contributed by atoms with Crippen molar-refractivity contribution in [3.63, 3.8) is 0 Å². The Balaban J connectivity index is 1.86. The number of hydrogen-bond acceptors (Lipinski definition) is 4. The molecule has 1 aliphatic heterocycles. The molecule has 3 aromatic carbocycles. The third-order valence-corrected chi connectivity index (χ3v) is 5.01. The highest BCUT2D eigenvalue weighted by atomic mass is 35.5. The van der Waals surface area contributed by atoms with E-state index in [1.807, 2.05) is 6.92 Å². The number of barbiturate groups is 1. The Bertz CT molecular complexity index is 1150. The maximum absolute atomic E-state index is 13.3. The Morgan fingerprint density at radius 3 is 1.84 bits per heavy atom. The van der Waals surface area contributed by atoms with Gasteiger partial charge >= 0.3 is 6.03 Å². The third kappa shape index (κ3) is 4.13. The number of para-hydroxylation sites is 2. The normalized spacial score (nSPS) is 14.1. The molecule has 7 heteroatoms. The van der Waals surface area contributed by atoms with Gasteiger partial charge in [-0.15, -0.1) is 0 Å². The van der Waals surface area contributed by atoms with Gasteiger partial charge in [0.05, 0.1) is 18.0 Å². The van der Waals surface area contributed by atoms with Gasteiger partial charge in [0.2, 0.25) is 0 Å². The molecule has 0 atom stereocenters. The van der Waals surface area contributed by atoms with Crippen LogP contribution in [-0.2, 0) is 9.59 Å². The summed E-state index contributed by atoms with van der Waals surface area (Å²) in [5, 5.41) is 0.398. The molecule has 6 nitrogen and oxygen atoms in total. The van der Waals surface area contributed by atoms with Crippen molar-refractivity contribution in [2.45, 2.75) is 6.92 Å². The first-order chi connectivity index (χ1) is 15.5. The van der Waals surface area contributed by atoms with Crippen LogP contribution in [0.5, 0.6) is 5.75 Å². The summed E-state index contributed by atoms with van der Waals surface area (Å²) < 4.78 is 5.51. The van der Waals surface area contributed by atoms with Crippen LogP contribution >= 0.6 is 11.6 Å². The Morgan fingerprint density at radius 1 is 0.812 bits per heavy atom. The highest BCUT2D eigenvalue weighted by Crippen LogP contribution is 2.30. The van der Waals surface area contributed by atoms with Crippen molar-refractivity contribution in [2.75, 3.05) is 16.4 Å². The molecule has 0 aromatic heterocycles. The summed E-state index contributed by atoms with van der Waals surface area (Å²) in [4.78, 5) is 42.0. The SMILES string of the molecule is CCOc1cc(Cl)cc(C=C2C(=O)N(c3ccccc3)C(=O)N(c3ccccc3)C2=O)c1. The van der Waals surface area contributed by atoms with Crippen LogP contribution < -0.4 is 14.5 Å². The number of carbonyl (C=O) groups is 3. The number of hydrogen-bond donors (Lipinski definition) is 0. The number of urea groups is 1. The van der Waals surface area contributed by atoms with Crippen molar-refractivity contribution in [2.24, 2.45) is 0 Å². The molecule has 0 bridgehead atoms. The van der Waals surface area contributed by atoms with E-state index < -0.39 is 17.8 Å². The molecule has 3 aromatic rings. The van der Waals surface area contributed by atoms with Gasteiger partial charge in [0, 0.05) is 5.02 Å². The molecule has 0 saturated carbocycles. The average Bonchev–Trinajstić information content (AvgIpc) is 2.78. The first-order valence-electron chi connectivity index (χ1n) is 9.97. The molecule has 0 radical (unpaired) electrons. The van der Waals surface area contributed by atoms with Crippen molar-refractivity contribution in [1.82, 2.24) is 0 Å². The lowest BCUT2D eigenvalue weighted by Crippen LogP contribution is -2.57. The molecule has 1 saturated heterocycles. The van der Waals surface area contributed by atoms with Gasteiger partial charge in [0.15, 0.2) is 0 Å². The number of rotatable bonds is 5. The number of ether oxygens (including phenoxy) is 1. The number of benzene rings is 3. The second-order valence-electron chi connectivity index (χ2n) is 6.95. The monoisotopic (exact) mass is 446 g/mol. The molecule has 160 valence electrons. The molecule has 0 spiro atoms. The molecular weight excluding hydrogens is 428 g/mol. The summed E-state index contributed by atoms with van der Waals surface area (Å²) in [6, 6.07) is 21.2. The fourth-order valence-electron chi connectivity index (χ4n) is 3.42. The Hall–Kier alpha value is -3.90. The second-order valence-corrected chi connectivity index (χ2v) is 7.38. The zero-order valence-electron chi connectivity index (χ0n) is 17.2. The number of halogens is 1. The summed E-state index contributed by atoms with van der Waals surface area (Å²) in [5.41, 5.74) is 1.07. The van der Waals surface area contributed by atoms with Gasteiger partial charge in [-0.2, -0.15) is 0 Å². The molecule has 4 rings (SSSR count). The minimum Gasteiger partial charge on any atom is -0.494 e. The summed E-state index contributed by atoms with van der Waals surface area (Å²) in [6.07, 6.45) is 1.43. The molecule has 0 N–H and O–H groups in total. The van der Waals surface area contributed by atoms with Gasteiger partial charge in [-0.3, -0.25) is 9.59 Å². The number of amides is 4. The molecule has 0 unspecified atom stereocenters. The molecular formula is C25H19ClN2O4. The topological polar surface area (TPSA) is 66.9 Å². The van der Waals surface area contributed by atoms with Gasteiger partial charge in [-0.1, -0.05) is 48.0 Å². The Kier molecular flexibility index (Phi) is 6.05. The lowest BCUT2D eigenvalue weighted by Gasteiger charge is -2.33. The van der Waals surface area contributed by atoms with E-state index in [4.69, 9.17) is 16.3 Å². The van der Waals surface area contributed by atoms with Crippen LogP contribution in [0.3, 0.4) is 0 Å². The lowest BCUT2D eigenvalue weighted by molar-refractivity contribution is -0.121. The highest BCUT2D eigenvalue weighted by Gasteiger charge is 2.43. The van der Waals surface area contributed by atoms with Gasteiger partial charge in [0.25, 0.3) is 11.8 Å². The summed E-state index contributed by atoms with van der Waals surface area (Å²) in [7, 11) is 0. The van der Waals surface area contributed by atoms with Crippen molar-refractivity contribution in [3.05, 3.63) is 95.0 Å². The number of imide groups is 2. The minimum atomic E-state index is -0.740. The quantitative estimate of drug-likeness (QED) is 0.393. The maximum Gasteiger partial charge on any atom is 0.343 e. The second kappa shape index (κ2) is 9.08. The van der Waals surface area contributed by atoms with E-state index in [1.165, 1.54) is 6.08 Å². The van der Waals surface area contributed by atoms with Crippen LogP contribution in [0.4, 0.5) is 16.2 Å². The molecule has 1 aliphatic rings. The van der Waals surface area contributed by atoms with Crippen molar-refractivity contribution in [3.8, 4) is 5.75 Å². The number of anilines is 2. The molecule has 4 amide bonds. The van der Waals surface area contributed by atoms with Gasteiger partial charge < -0.3 is 4.74 Å². The molecule has 1 heterocycles. The number of nitrogens with zero attached hydrogens (tertiary/aromatic N) is 2. The van der Waals surface area contributed by atoms with Crippen LogP contribution in [0.2, 0.25) is 5.02 Å². The van der Waals surface area contributed by atoms with Crippen molar-refractivity contribution in [1.29, 1.82) is 0 Å². The predicted octanol–water partition coefficient (Wildman–Crippen LogP) is 5.32. The number of carbonyl (C=O) groups excluding carboxylic acids is 3. The van der Waals surface area contributed by atoms with Crippen LogP contribution in [-0.4, -0.2) is 24.5 Å². The third-order valence-electron chi connectivity index (χ3n) is 4.79. The summed E-state index contributed by atoms with van der Waals surface area (Å²) in [5.74, 6) is -0.911. The first-order valence-corrected chi connectivity index (χ1v) is 10.4. The van der Waals surface area contributed by atoms with E-state index in [2.05, 4.69) is 0 Å². The van der Waals surface area contributed by atoms with Crippen molar-refractivity contribution < 1.29 is 19.1 Å². The predicted molar refractivity (Wildman–Crippen MR) is 124 cm³/mol. The van der Waals surface area contributed by atoms with Crippen LogP contribution in [0.25, 0.3) is 6.08 Å². The Morgan fingerprint density at radius 2 is 1.34 bits per heavy atom. The van der Waals surface area contributed by atoms with E-state index in [0.29, 0.717) is 34.3 Å². The zero-order chi connectivity index (χ0) is 22.7. The van der Waals surface area contributed by atoms with Crippen LogP contribution in [0, 0.1) is 0 Å². The summed E-state index contributed by atoms with van der Waals surface area (Å²) in [6.45, 7) is 2.28. The van der Waals surface area contributed by atoms with E-state index in [1.54, 1.807) is 78.9 Å². The smallest absolute Gasteiger partial charge is 0.343 e. The van der Waals surface area contributed by atoms with E-state index in [9.17, 15) is 14.4 Å². The largest absolute Gasteiger partial charge is 0.494 e. The summed E-state index contributed by atoms with van der Waals surface area (Å²) >= 11 is 6.19. The van der Waals surface area contributed by atoms with Gasteiger partial charge in [-0.05, 0) is 61.0 Å². The van der Waals surface area contributed by atoms with E-state index >= 15 is 0 Å². The van der Waals surface area contributed by atoms with Gasteiger partial charge in [0.1, 0.15) is 11.3 Å². The lowest BCUT2D eigenvalue weighted by atomic mass is 10.0. The standard InChI is InChI=1S/C25H19ClN2O4/c1-2-32-21-14-17(13-18(26)16-21)15-22-23(29)27(19-9-5-3-6-10-19)25(31)28(24(22)30)20-11-7-4-8-12-20/h3-16H,2H2,1H3. The van der Waals surface area contributed by atoms with E-state index in [-0.39, 0.29) is 5.57 Å². The minimum absolute atomic E-state index is 0.165. The van der Waals surface area contributed by atoms with Crippen LogP contribution in [0.15, 0.2) is 84.4 Å². The molecule has 32 heavy (non-hydrogen) atoms. The van der Waals surface area contributed by atoms with E-state index in [0.717, 1.165) is 9.80 Å². The average molecular weight is 447 g/mol. The first kappa shape index (κ1) is 21.3.